The summed E-state index contributed by atoms with van der Waals surface area (Å²) in [6.45, 7) is 8.18. The number of fused-ring (bicyclic) bond motifs is 1. The second kappa shape index (κ2) is 10.1. The van der Waals surface area contributed by atoms with E-state index in [2.05, 4.69) is 27.3 Å². The van der Waals surface area contributed by atoms with Crippen LogP contribution in [0.25, 0.3) is 22.0 Å². The summed E-state index contributed by atoms with van der Waals surface area (Å²) < 4.78 is 7.08. The summed E-state index contributed by atoms with van der Waals surface area (Å²) in [5, 5.41) is 8.25. The number of nitrogens with zero attached hydrogens (tertiary/aromatic N) is 3. The maximum atomic E-state index is 13.4. The summed E-state index contributed by atoms with van der Waals surface area (Å²) in [5.41, 5.74) is 5.28. The lowest BCUT2D eigenvalue weighted by molar-refractivity contribution is 0.0952. The molecule has 0 unspecified atom stereocenters. The van der Waals surface area contributed by atoms with E-state index in [-0.39, 0.29) is 24.1 Å². The predicted molar refractivity (Wildman–Crippen MR) is 137 cm³/mol. The van der Waals surface area contributed by atoms with Gasteiger partial charge < -0.3 is 15.0 Å². The van der Waals surface area contributed by atoms with Crippen molar-refractivity contribution >= 4 is 16.8 Å². The molecule has 1 amide bonds. The number of H-pyrrole nitrogens is 1. The fraction of sp³-hybridized carbons (Fsp3) is 0.333. The first-order valence-corrected chi connectivity index (χ1v) is 11.8. The third-order valence-corrected chi connectivity index (χ3v) is 6.04. The Bertz CT molecular complexity index is 1420. The molecule has 182 valence electrons. The van der Waals surface area contributed by atoms with Crippen LogP contribution in [0.5, 0.6) is 5.88 Å². The summed E-state index contributed by atoms with van der Waals surface area (Å²) in [5.74, 6) is 0.260. The lowest BCUT2D eigenvalue weighted by Crippen LogP contribution is -2.28. The minimum Gasteiger partial charge on any atom is -0.481 e. The van der Waals surface area contributed by atoms with Crippen LogP contribution in [0.4, 0.5) is 0 Å². The quantitative estimate of drug-likeness (QED) is 0.390. The first-order chi connectivity index (χ1) is 16.8. The lowest BCUT2D eigenvalue weighted by atomic mass is 10.00. The average molecular weight is 474 g/mol. The van der Waals surface area contributed by atoms with Gasteiger partial charge in [0.15, 0.2) is 0 Å². The van der Waals surface area contributed by atoms with Crippen molar-refractivity contribution in [3.63, 3.8) is 0 Å². The van der Waals surface area contributed by atoms with E-state index in [1.807, 2.05) is 49.7 Å². The molecule has 0 aliphatic carbocycles. The molecule has 8 nitrogen and oxygen atoms in total. The van der Waals surface area contributed by atoms with Crippen molar-refractivity contribution in [1.29, 1.82) is 0 Å². The van der Waals surface area contributed by atoms with Crippen LogP contribution in [-0.2, 0) is 13.0 Å². The van der Waals surface area contributed by atoms with Gasteiger partial charge in [-0.15, -0.1) is 0 Å². The summed E-state index contributed by atoms with van der Waals surface area (Å²) in [6.07, 6.45) is 5.14. The Hall–Kier alpha value is -3.94. The van der Waals surface area contributed by atoms with E-state index in [0.717, 1.165) is 46.1 Å². The average Bonchev–Trinajstić information content (AvgIpc) is 3.27. The number of carbonyl (C=O) groups excluding carboxylic acids is 1. The number of rotatable bonds is 8. The van der Waals surface area contributed by atoms with Crippen molar-refractivity contribution in [3.05, 3.63) is 75.5 Å². The Kier molecular flexibility index (Phi) is 7.00. The number of ether oxygens (including phenoxy) is 1. The molecule has 3 aromatic heterocycles. The largest absolute Gasteiger partial charge is 0.481 e. The summed E-state index contributed by atoms with van der Waals surface area (Å²) in [7, 11) is 1.57. The van der Waals surface area contributed by atoms with Crippen molar-refractivity contribution < 1.29 is 9.53 Å². The van der Waals surface area contributed by atoms with Crippen molar-refractivity contribution in [2.75, 3.05) is 7.11 Å². The number of aromatic nitrogens is 4. The predicted octanol–water partition coefficient (Wildman–Crippen LogP) is 4.57. The van der Waals surface area contributed by atoms with Gasteiger partial charge >= 0.3 is 0 Å². The standard InChI is InChI=1S/C27H31N5O3/c1-6-7-18-10-17(4)31-27(34)22(18)14-29-26(33)21-11-20(19-8-9-25(35-5)28-13-19)12-24-23(21)15-30-32(24)16(2)3/h8-13,15-16H,6-7,14H2,1-5H3,(H,29,33)(H,31,34). The third-order valence-electron chi connectivity index (χ3n) is 6.04. The topological polar surface area (TPSA) is 102 Å². The van der Waals surface area contributed by atoms with Crippen LogP contribution in [-0.4, -0.2) is 32.8 Å². The maximum absolute atomic E-state index is 13.4. The van der Waals surface area contributed by atoms with Crippen molar-refractivity contribution in [2.24, 2.45) is 0 Å². The molecule has 0 bridgehead atoms. The van der Waals surface area contributed by atoms with Crippen molar-refractivity contribution in [3.8, 4) is 17.0 Å². The molecular formula is C27H31N5O3. The second-order valence-corrected chi connectivity index (χ2v) is 8.95. The number of benzene rings is 1. The highest BCUT2D eigenvalue weighted by Crippen LogP contribution is 2.30. The van der Waals surface area contributed by atoms with Crippen LogP contribution in [0, 0.1) is 6.92 Å². The molecule has 4 rings (SSSR count). The van der Waals surface area contributed by atoms with Crippen molar-refractivity contribution in [2.45, 2.75) is 53.1 Å². The van der Waals surface area contributed by atoms with Crippen molar-refractivity contribution in [1.82, 2.24) is 25.1 Å². The minimum absolute atomic E-state index is 0.121. The molecule has 35 heavy (non-hydrogen) atoms. The fourth-order valence-electron chi connectivity index (χ4n) is 4.32. The molecule has 0 fully saturated rings. The number of methoxy groups -OCH3 is 1. The van der Waals surface area contributed by atoms with Crippen LogP contribution in [0.15, 0.2) is 47.5 Å². The summed E-state index contributed by atoms with van der Waals surface area (Å²) >= 11 is 0. The van der Waals surface area contributed by atoms with Gasteiger partial charge in [-0.2, -0.15) is 5.10 Å². The van der Waals surface area contributed by atoms with Gasteiger partial charge in [0, 0.05) is 47.1 Å². The zero-order chi connectivity index (χ0) is 25.1. The summed E-state index contributed by atoms with van der Waals surface area (Å²) in [4.78, 5) is 33.2. The molecule has 1 aromatic carbocycles. The van der Waals surface area contributed by atoms with E-state index in [0.29, 0.717) is 17.0 Å². The molecule has 3 heterocycles. The normalized spacial score (nSPS) is 11.3. The van der Waals surface area contributed by atoms with E-state index in [1.165, 1.54) is 0 Å². The highest BCUT2D eigenvalue weighted by atomic mass is 16.5. The van der Waals surface area contributed by atoms with Crippen LogP contribution >= 0.6 is 0 Å². The molecule has 0 spiro atoms. The van der Waals surface area contributed by atoms with Gasteiger partial charge in [0.2, 0.25) is 5.88 Å². The fourth-order valence-corrected chi connectivity index (χ4v) is 4.32. The number of aryl methyl sites for hydroxylation is 2. The van der Waals surface area contributed by atoms with Gasteiger partial charge in [-0.05, 0) is 62.6 Å². The number of amides is 1. The minimum atomic E-state index is -0.260. The molecule has 0 aliphatic rings. The Balaban J connectivity index is 1.74. The van der Waals surface area contributed by atoms with Gasteiger partial charge in [0.05, 0.1) is 24.4 Å². The Labute approximate surface area is 204 Å². The van der Waals surface area contributed by atoms with E-state index in [1.54, 1.807) is 25.6 Å². The molecule has 0 atom stereocenters. The third kappa shape index (κ3) is 4.96. The van der Waals surface area contributed by atoms with Gasteiger partial charge in [0.1, 0.15) is 0 Å². The Morgan fingerprint density at radius 3 is 2.63 bits per heavy atom. The zero-order valence-corrected chi connectivity index (χ0v) is 20.8. The van der Waals surface area contributed by atoms with Gasteiger partial charge in [-0.3, -0.25) is 14.3 Å². The van der Waals surface area contributed by atoms with E-state index in [4.69, 9.17) is 4.74 Å². The van der Waals surface area contributed by atoms with E-state index < -0.39 is 0 Å². The monoisotopic (exact) mass is 473 g/mol. The first kappa shape index (κ1) is 24.2. The maximum Gasteiger partial charge on any atom is 0.253 e. The number of nitrogens with one attached hydrogen (secondary N) is 2. The van der Waals surface area contributed by atoms with E-state index in [9.17, 15) is 9.59 Å². The van der Waals surface area contributed by atoms with Gasteiger partial charge in [-0.25, -0.2) is 4.98 Å². The molecule has 0 radical (unpaired) electrons. The number of hydrogen-bond acceptors (Lipinski definition) is 5. The van der Waals surface area contributed by atoms with Crippen LogP contribution < -0.4 is 15.6 Å². The molecule has 4 aromatic rings. The van der Waals surface area contributed by atoms with Crippen LogP contribution in [0.3, 0.4) is 0 Å². The Morgan fingerprint density at radius 2 is 1.97 bits per heavy atom. The zero-order valence-electron chi connectivity index (χ0n) is 20.8. The highest BCUT2D eigenvalue weighted by molar-refractivity contribution is 6.08. The van der Waals surface area contributed by atoms with Gasteiger partial charge in [0.25, 0.3) is 11.5 Å². The molecule has 0 aliphatic heterocycles. The molecular weight excluding hydrogens is 442 g/mol. The summed E-state index contributed by atoms with van der Waals surface area (Å²) in [6, 6.07) is 9.67. The van der Waals surface area contributed by atoms with E-state index >= 15 is 0 Å². The van der Waals surface area contributed by atoms with Crippen LogP contribution in [0.2, 0.25) is 0 Å². The SMILES string of the molecule is CCCc1cc(C)[nH]c(=O)c1CNC(=O)c1cc(-c2ccc(OC)nc2)cc2c1cnn2C(C)C. The Morgan fingerprint density at radius 1 is 1.17 bits per heavy atom. The molecule has 8 heteroatoms. The molecule has 0 saturated carbocycles. The number of aromatic amines is 1. The van der Waals surface area contributed by atoms with Gasteiger partial charge in [-0.1, -0.05) is 13.3 Å². The smallest absolute Gasteiger partial charge is 0.253 e. The highest BCUT2D eigenvalue weighted by Gasteiger charge is 2.18. The molecule has 0 saturated heterocycles. The molecule has 2 N–H and O–H groups in total. The second-order valence-electron chi connectivity index (χ2n) is 8.95. The van der Waals surface area contributed by atoms with Crippen LogP contribution in [0.1, 0.15) is 60.4 Å². The number of pyridine rings is 2. The first-order valence-electron chi connectivity index (χ1n) is 11.8. The number of hydrogen-bond donors (Lipinski definition) is 2. The number of carbonyl (C=O) groups is 1. The lowest BCUT2D eigenvalue weighted by Gasteiger charge is -2.13.